The first-order valence-electron chi connectivity index (χ1n) is 13.5. The van der Waals surface area contributed by atoms with Gasteiger partial charge in [-0.05, 0) is 61.1 Å². The van der Waals surface area contributed by atoms with E-state index < -0.39 is 0 Å². The lowest BCUT2D eigenvalue weighted by Crippen LogP contribution is -2.49. The number of nitroso groups, excluding NO2 is 1. The van der Waals surface area contributed by atoms with E-state index in [4.69, 9.17) is 16.2 Å². The highest BCUT2D eigenvalue weighted by Crippen LogP contribution is 2.15. The van der Waals surface area contributed by atoms with Crippen molar-refractivity contribution in [3.05, 3.63) is 82.8 Å². The second-order valence-electron chi connectivity index (χ2n) is 9.33. The molecule has 2 aromatic carbocycles. The summed E-state index contributed by atoms with van der Waals surface area (Å²) in [5, 5.41) is 24.3. The van der Waals surface area contributed by atoms with E-state index in [-0.39, 0.29) is 0 Å². The minimum absolute atomic E-state index is 0.292. The number of hydrogen-bond donors (Lipinski definition) is 4. The Morgan fingerprint density at radius 3 is 2.37 bits per heavy atom. The number of piperazine rings is 1. The highest BCUT2D eigenvalue weighted by atomic mass is 16.3. The minimum Gasteiger partial charge on any atom is -0.508 e. The van der Waals surface area contributed by atoms with Crippen LogP contribution in [0.3, 0.4) is 0 Å². The van der Waals surface area contributed by atoms with Crippen molar-refractivity contribution >= 4 is 6.21 Å². The molecule has 0 spiro atoms. The zero-order valence-corrected chi connectivity index (χ0v) is 23.9. The maximum atomic E-state index is 9.36. The van der Waals surface area contributed by atoms with Crippen LogP contribution in [-0.2, 0) is 6.42 Å². The predicted molar refractivity (Wildman–Crippen MR) is 162 cm³/mol. The van der Waals surface area contributed by atoms with Gasteiger partial charge in [0, 0.05) is 52.0 Å². The Hall–Kier alpha value is -2.91. The Morgan fingerprint density at radius 2 is 1.89 bits per heavy atom. The largest absolute Gasteiger partial charge is 0.508 e. The molecule has 8 heteroatoms. The van der Waals surface area contributed by atoms with Gasteiger partial charge < -0.3 is 15.8 Å². The number of hydrazine groups is 1. The molecule has 0 aromatic heterocycles. The maximum Gasteiger partial charge on any atom is 0.115 e. The van der Waals surface area contributed by atoms with Crippen molar-refractivity contribution < 1.29 is 5.11 Å². The molecule has 0 bridgehead atoms. The van der Waals surface area contributed by atoms with Gasteiger partial charge in [0.05, 0.1) is 6.54 Å². The first kappa shape index (κ1) is 35.1. The van der Waals surface area contributed by atoms with E-state index in [1.807, 2.05) is 56.4 Å². The molecule has 1 fully saturated rings. The van der Waals surface area contributed by atoms with Crippen molar-refractivity contribution in [2.75, 3.05) is 46.3 Å². The number of aromatic hydroxyl groups is 1. The molecule has 5 N–H and O–H groups in total. The molecule has 0 amide bonds. The van der Waals surface area contributed by atoms with E-state index >= 15 is 0 Å². The molecule has 3 rings (SSSR count). The maximum absolute atomic E-state index is 9.36. The molecule has 8 nitrogen and oxygen atoms in total. The van der Waals surface area contributed by atoms with Crippen LogP contribution in [0.25, 0.3) is 0 Å². The van der Waals surface area contributed by atoms with Gasteiger partial charge in [0.1, 0.15) is 5.75 Å². The number of hydrogen-bond acceptors (Lipinski definition) is 8. The van der Waals surface area contributed by atoms with Crippen molar-refractivity contribution in [3.8, 4) is 5.75 Å². The van der Waals surface area contributed by atoms with Crippen LogP contribution in [0, 0.1) is 10.3 Å². The third-order valence-electron chi connectivity index (χ3n) is 5.46. The molecule has 0 radical (unpaired) electrons. The van der Waals surface area contributed by atoms with Gasteiger partial charge in [-0.1, -0.05) is 61.9 Å². The number of phenolic OH excluding ortho intramolecular Hbond substituents is 1. The molecule has 0 saturated carbocycles. The number of unbranched alkanes of at least 4 members (excludes halogenated alkanes) is 1. The molecule has 1 aliphatic rings. The summed E-state index contributed by atoms with van der Waals surface area (Å²) >= 11 is 0. The van der Waals surface area contributed by atoms with Gasteiger partial charge in [-0.15, -0.1) is 6.58 Å². The zero-order chi connectivity index (χ0) is 28.6. The van der Waals surface area contributed by atoms with Crippen molar-refractivity contribution in [2.24, 2.45) is 11.0 Å². The highest BCUT2D eigenvalue weighted by Gasteiger charge is 2.12. The third-order valence-corrected chi connectivity index (χ3v) is 5.46. The zero-order valence-electron chi connectivity index (χ0n) is 23.9. The first-order valence-corrected chi connectivity index (χ1v) is 13.5. The summed E-state index contributed by atoms with van der Waals surface area (Å²) in [7, 11) is 1.88. The molecule has 1 heterocycles. The van der Waals surface area contributed by atoms with Crippen molar-refractivity contribution in [3.63, 3.8) is 0 Å². The molecule has 1 aliphatic heterocycles. The third kappa shape index (κ3) is 19.2. The van der Waals surface area contributed by atoms with E-state index in [2.05, 4.69) is 35.8 Å². The summed E-state index contributed by atoms with van der Waals surface area (Å²) in [6.45, 7) is 16.0. The summed E-state index contributed by atoms with van der Waals surface area (Å²) in [5.74, 6) is 5.60. The number of nitrogens with one attached hydrogen (secondary N) is 2. The average molecular weight is 527 g/mol. The van der Waals surface area contributed by atoms with Gasteiger partial charge in [-0.2, -0.15) is 4.91 Å². The molecule has 212 valence electrons. The number of nitrogens with two attached hydrogens (primary N) is 1. The predicted octanol–water partition coefficient (Wildman–Crippen LogP) is 5.20. The van der Waals surface area contributed by atoms with Crippen LogP contribution in [0.2, 0.25) is 0 Å². The van der Waals surface area contributed by atoms with Crippen molar-refractivity contribution in [1.82, 2.24) is 15.2 Å². The molecule has 2 aromatic rings. The smallest absolute Gasteiger partial charge is 0.115 e. The fourth-order valence-electron chi connectivity index (χ4n) is 3.55. The molecular weight excluding hydrogens is 476 g/mol. The van der Waals surface area contributed by atoms with Crippen LogP contribution in [-0.4, -0.2) is 73.6 Å². The summed E-state index contributed by atoms with van der Waals surface area (Å²) in [4.78, 5) is 11.6. The van der Waals surface area contributed by atoms with Crippen molar-refractivity contribution in [1.29, 1.82) is 5.41 Å². The van der Waals surface area contributed by atoms with Gasteiger partial charge in [0.15, 0.2) is 0 Å². The second-order valence-corrected chi connectivity index (χ2v) is 9.33. The standard InChI is InChI=1S/C14H13NO.C8H16N2.C5H14N2.C3H7NO/c15-10-13-5-1-3-11(8-13)7-12-4-2-6-14(16)9-12;1-3-5-10-6-4-9-8(2)7-10;1-3-4-5-7(2)6;1-2-3-4-5/h1-6,8-10,15-16H,7H2;3,8-9H,1,4-7H2,2H3;3-6H2,1-2H3;2-3H2,1H3. The van der Waals surface area contributed by atoms with Crippen LogP contribution < -0.4 is 11.2 Å². The molecule has 1 unspecified atom stereocenters. The van der Waals surface area contributed by atoms with E-state index in [0.29, 0.717) is 18.3 Å². The molecule has 0 aliphatic carbocycles. The fraction of sp³-hybridized carbons (Fsp3) is 0.500. The Kier molecular flexibility index (Phi) is 21.4. The van der Waals surface area contributed by atoms with Crippen LogP contribution in [0.15, 0.2) is 66.4 Å². The summed E-state index contributed by atoms with van der Waals surface area (Å²) in [5.41, 5.74) is 3.12. The number of nitrogens with zero attached hydrogens (tertiary/aromatic N) is 3. The summed E-state index contributed by atoms with van der Waals surface area (Å²) in [6, 6.07) is 15.7. The number of benzene rings is 2. The second kappa shape index (κ2) is 23.2. The van der Waals surface area contributed by atoms with Gasteiger partial charge >= 0.3 is 0 Å². The van der Waals surface area contributed by atoms with Crippen molar-refractivity contribution in [2.45, 2.75) is 52.5 Å². The van der Waals surface area contributed by atoms with E-state index in [1.54, 1.807) is 17.1 Å². The Bertz CT molecular complexity index is 891. The first-order chi connectivity index (χ1) is 18.3. The van der Waals surface area contributed by atoms with Crippen LogP contribution in [0.5, 0.6) is 5.75 Å². The Balaban J connectivity index is 0.000000535. The summed E-state index contributed by atoms with van der Waals surface area (Å²) in [6.07, 6.45) is 7.37. The highest BCUT2D eigenvalue weighted by molar-refractivity contribution is 5.77. The van der Waals surface area contributed by atoms with Crippen LogP contribution >= 0.6 is 0 Å². The van der Waals surface area contributed by atoms with Crippen LogP contribution in [0.1, 0.15) is 56.7 Å². The monoisotopic (exact) mass is 526 g/mol. The Labute approximate surface area is 230 Å². The van der Waals surface area contributed by atoms with E-state index in [0.717, 1.165) is 62.3 Å². The quantitative estimate of drug-likeness (QED) is 0.111. The molecule has 1 saturated heterocycles. The summed E-state index contributed by atoms with van der Waals surface area (Å²) < 4.78 is 0. The van der Waals surface area contributed by atoms with Gasteiger partial charge in [0.2, 0.25) is 0 Å². The van der Waals surface area contributed by atoms with E-state index in [9.17, 15) is 5.11 Å². The lowest BCUT2D eigenvalue weighted by atomic mass is 10.0. The number of phenols is 1. The topological polar surface area (TPSA) is 118 Å². The van der Waals surface area contributed by atoms with Gasteiger partial charge in [-0.3, -0.25) is 15.8 Å². The number of rotatable bonds is 10. The normalized spacial score (nSPS) is 14.5. The SMILES string of the molecule is C=CCN1CCNC(C)C1.CCCCN(C)N.CCCN=O.N=Cc1cccc(Cc2cccc(O)c2)c1. The van der Waals surface area contributed by atoms with Gasteiger partial charge in [-0.25, -0.2) is 0 Å². The van der Waals surface area contributed by atoms with Crippen LogP contribution in [0.4, 0.5) is 0 Å². The molecular formula is C30H50N6O2. The lowest BCUT2D eigenvalue weighted by molar-refractivity contribution is 0.226. The Morgan fingerprint density at radius 1 is 1.21 bits per heavy atom. The molecule has 38 heavy (non-hydrogen) atoms. The average Bonchev–Trinajstić information content (AvgIpc) is 2.89. The minimum atomic E-state index is 0.292. The molecule has 1 atom stereocenters. The lowest BCUT2D eigenvalue weighted by Gasteiger charge is -2.30. The van der Waals surface area contributed by atoms with Gasteiger partial charge in [0.25, 0.3) is 0 Å². The van der Waals surface area contributed by atoms with E-state index in [1.165, 1.54) is 19.1 Å². The fourth-order valence-corrected chi connectivity index (χ4v) is 3.55.